The molecule has 1 atom stereocenters. The van der Waals surface area contributed by atoms with Crippen molar-refractivity contribution in [3.05, 3.63) is 29.3 Å². The molecule has 2 rings (SSSR count). The van der Waals surface area contributed by atoms with Gasteiger partial charge in [-0.1, -0.05) is 12.2 Å². The smallest absolute Gasteiger partial charge is 0.389 e. The topological polar surface area (TPSA) is 72.4 Å². The predicted octanol–water partition coefficient (Wildman–Crippen LogP) is 1.79. The lowest BCUT2D eigenvalue weighted by atomic mass is 10.0. The first-order valence-electron chi connectivity index (χ1n) is 6.29. The Morgan fingerprint density at radius 3 is 2.52 bits per heavy atom. The minimum atomic E-state index is -4.57. The van der Waals surface area contributed by atoms with E-state index in [0.29, 0.717) is 25.1 Å². The second-order valence-electron chi connectivity index (χ2n) is 4.85. The predicted molar refractivity (Wildman–Crippen MR) is 76.9 cm³/mol. The fraction of sp³-hybridized carbons (Fsp3) is 0.385. The number of halogens is 3. The summed E-state index contributed by atoms with van der Waals surface area (Å²) in [5.41, 5.74) is 9.79. The van der Waals surface area contributed by atoms with E-state index < -0.39 is 23.7 Å². The van der Waals surface area contributed by atoms with E-state index in [4.69, 9.17) is 11.5 Å². The highest BCUT2D eigenvalue weighted by Crippen LogP contribution is 2.36. The molecule has 0 bridgehead atoms. The molecule has 1 heterocycles. The van der Waals surface area contributed by atoms with E-state index >= 15 is 0 Å². The van der Waals surface area contributed by atoms with Gasteiger partial charge in [-0.05, 0) is 31.0 Å². The van der Waals surface area contributed by atoms with E-state index in [2.05, 4.69) is 12.2 Å². The summed E-state index contributed by atoms with van der Waals surface area (Å²) in [6.45, 7) is 0.483. The number of hydrogen-bond donors (Lipinski definition) is 2. The van der Waals surface area contributed by atoms with Crippen LogP contribution in [0.1, 0.15) is 24.0 Å². The third kappa shape index (κ3) is 3.10. The van der Waals surface area contributed by atoms with Crippen LogP contribution in [0.3, 0.4) is 0 Å². The van der Waals surface area contributed by atoms with E-state index in [9.17, 15) is 18.0 Å². The van der Waals surface area contributed by atoms with Gasteiger partial charge in [-0.15, -0.1) is 0 Å². The Hall–Kier alpha value is -1.83. The molecule has 1 aliphatic rings. The monoisotopic (exact) mass is 317 g/mol. The van der Waals surface area contributed by atoms with Crippen LogP contribution in [0, 0.1) is 0 Å². The molecule has 4 nitrogen and oxygen atoms in total. The molecule has 1 aliphatic heterocycles. The summed E-state index contributed by atoms with van der Waals surface area (Å²) in [7, 11) is 0. The number of alkyl halides is 3. The summed E-state index contributed by atoms with van der Waals surface area (Å²) in [5.74, 6) is -0.542. The molecule has 8 heteroatoms. The summed E-state index contributed by atoms with van der Waals surface area (Å²) in [5, 5.41) is 0. The zero-order valence-electron chi connectivity index (χ0n) is 11.0. The van der Waals surface area contributed by atoms with Crippen molar-refractivity contribution < 1.29 is 18.0 Å². The SMILES string of the molecule is NC(=O)C1CCCN1c1ccc(C(N)=S)c(C(F)(F)F)c1. The van der Waals surface area contributed by atoms with E-state index in [-0.39, 0.29) is 10.6 Å². The largest absolute Gasteiger partial charge is 0.417 e. The molecular formula is C13H14F3N3OS. The summed E-state index contributed by atoms with van der Waals surface area (Å²) in [6.07, 6.45) is -3.34. The second-order valence-corrected chi connectivity index (χ2v) is 5.29. The fourth-order valence-electron chi connectivity index (χ4n) is 2.53. The van der Waals surface area contributed by atoms with Gasteiger partial charge in [0, 0.05) is 17.8 Å². The summed E-state index contributed by atoms with van der Waals surface area (Å²) < 4.78 is 39.3. The number of nitrogens with zero attached hydrogens (tertiary/aromatic N) is 1. The Balaban J connectivity index is 2.47. The molecule has 1 aromatic rings. The standard InChI is InChI=1S/C13H14F3N3OS/c14-13(15,16)9-6-7(3-4-8(9)12(18)21)19-5-1-2-10(19)11(17)20/h3-4,6,10H,1-2,5H2,(H2,17,20)(H2,18,21). The zero-order valence-corrected chi connectivity index (χ0v) is 11.8. The summed E-state index contributed by atoms with van der Waals surface area (Å²) >= 11 is 4.65. The van der Waals surface area contributed by atoms with E-state index in [1.807, 2.05) is 0 Å². The van der Waals surface area contributed by atoms with Crippen molar-refractivity contribution in [2.75, 3.05) is 11.4 Å². The van der Waals surface area contributed by atoms with Crippen molar-refractivity contribution in [2.24, 2.45) is 11.5 Å². The average molecular weight is 317 g/mol. The number of thiocarbonyl (C=S) groups is 1. The maximum atomic E-state index is 13.1. The van der Waals surface area contributed by atoms with Crippen LogP contribution in [0.5, 0.6) is 0 Å². The second kappa shape index (κ2) is 5.51. The van der Waals surface area contributed by atoms with E-state index in [0.717, 1.165) is 6.07 Å². The van der Waals surface area contributed by atoms with Crippen LogP contribution < -0.4 is 16.4 Å². The van der Waals surface area contributed by atoms with Gasteiger partial charge in [0.05, 0.1) is 5.56 Å². The molecule has 0 saturated carbocycles. The highest BCUT2D eigenvalue weighted by Gasteiger charge is 2.36. The average Bonchev–Trinajstić information content (AvgIpc) is 2.86. The molecule has 114 valence electrons. The van der Waals surface area contributed by atoms with Gasteiger partial charge in [0.2, 0.25) is 5.91 Å². The molecule has 0 aliphatic carbocycles. The molecule has 1 aromatic carbocycles. The Kier molecular flexibility index (Phi) is 4.08. The van der Waals surface area contributed by atoms with Crippen molar-refractivity contribution in [1.29, 1.82) is 0 Å². The van der Waals surface area contributed by atoms with Crippen LogP contribution in [-0.2, 0) is 11.0 Å². The molecular weight excluding hydrogens is 303 g/mol. The van der Waals surface area contributed by atoms with Crippen molar-refractivity contribution >= 4 is 28.8 Å². The first-order valence-corrected chi connectivity index (χ1v) is 6.69. The third-order valence-electron chi connectivity index (χ3n) is 3.49. The van der Waals surface area contributed by atoms with Gasteiger partial charge in [-0.3, -0.25) is 4.79 Å². The number of carbonyl (C=O) groups excluding carboxylic acids is 1. The van der Waals surface area contributed by atoms with Crippen LogP contribution in [-0.4, -0.2) is 23.5 Å². The van der Waals surface area contributed by atoms with Gasteiger partial charge < -0.3 is 16.4 Å². The molecule has 1 unspecified atom stereocenters. The summed E-state index contributed by atoms with van der Waals surface area (Å²) in [6, 6.07) is 3.10. The van der Waals surface area contributed by atoms with Crippen molar-refractivity contribution in [3.8, 4) is 0 Å². The quantitative estimate of drug-likeness (QED) is 0.834. The lowest BCUT2D eigenvalue weighted by Gasteiger charge is -2.26. The highest BCUT2D eigenvalue weighted by molar-refractivity contribution is 7.80. The molecule has 0 spiro atoms. The first kappa shape index (κ1) is 15.6. The minimum Gasteiger partial charge on any atom is -0.389 e. The fourth-order valence-corrected chi connectivity index (χ4v) is 2.71. The third-order valence-corrected chi connectivity index (χ3v) is 3.71. The lowest BCUT2D eigenvalue weighted by Crippen LogP contribution is -2.40. The number of primary amides is 1. The lowest BCUT2D eigenvalue weighted by molar-refractivity contribution is -0.137. The number of anilines is 1. The van der Waals surface area contributed by atoms with Crippen molar-refractivity contribution in [2.45, 2.75) is 25.1 Å². The van der Waals surface area contributed by atoms with Crippen LogP contribution in [0.4, 0.5) is 18.9 Å². The first-order chi connectivity index (χ1) is 9.71. The molecule has 1 fully saturated rings. The van der Waals surface area contributed by atoms with Crippen LogP contribution in [0.25, 0.3) is 0 Å². The molecule has 1 amide bonds. The van der Waals surface area contributed by atoms with Gasteiger partial charge in [-0.25, -0.2) is 0 Å². The maximum absolute atomic E-state index is 13.1. The van der Waals surface area contributed by atoms with E-state index in [1.165, 1.54) is 12.1 Å². The maximum Gasteiger partial charge on any atom is 0.417 e. The van der Waals surface area contributed by atoms with Gasteiger partial charge in [0.15, 0.2) is 0 Å². The zero-order chi connectivity index (χ0) is 15.8. The minimum absolute atomic E-state index is 0.226. The number of amides is 1. The Morgan fingerprint density at radius 1 is 1.33 bits per heavy atom. The Labute approximate surface area is 124 Å². The van der Waals surface area contributed by atoms with Crippen LogP contribution in [0.15, 0.2) is 18.2 Å². The number of benzene rings is 1. The van der Waals surface area contributed by atoms with Gasteiger partial charge >= 0.3 is 6.18 Å². The van der Waals surface area contributed by atoms with Gasteiger partial charge in [0.25, 0.3) is 0 Å². The van der Waals surface area contributed by atoms with E-state index in [1.54, 1.807) is 4.90 Å². The molecule has 1 saturated heterocycles. The normalized spacial score (nSPS) is 18.8. The molecule has 0 aromatic heterocycles. The van der Waals surface area contributed by atoms with Crippen LogP contribution >= 0.6 is 12.2 Å². The van der Waals surface area contributed by atoms with Crippen molar-refractivity contribution in [3.63, 3.8) is 0 Å². The number of nitrogens with two attached hydrogens (primary N) is 2. The van der Waals surface area contributed by atoms with Crippen molar-refractivity contribution in [1.82, 2.24) is 0 Å². The van der Waals surface area contributed by atoms with Gasteiger partial charge in [-0.2, -0.15) is 13.2 Å². The highest BCUT2D eigenvalue weighted by atomic mass is 32.1. The molecule has 4 N–H and O–H groups in total. The number of carbonyl (C=O) groups is 1. The van der Waals surface area contributed by atoms with Crippen LogP contribution in [0.2, 0.25) is 0 Å². The molecule has 21 heavy (non-hydrogen) atoms. The number of hydrogen-bond acceptors (Lipinski definition) is 3. The summed E-state index contributed by atoms with van der Waals surface area (Å²) in [4.78, 5) is 12.6. The Bertz CT molecular complexity index is 589. The Morgan fingerprint density at radius 2 is 2.00 bits per heavy atom. The van der Waals surface area contributed by atoms with Gasteiger partial charge in [0.1, 0.15) is 11.0 Å². The molecule has 0 radical (unpaired) electrons. The number of rotatable bonds is 3.